The zero-order valence-electron chi connectivity index (χ0n) is 10.5. The van der Waals surface area contributed by atoms with E-state index < -0.39 is 0 Å². The summed E-state index contributed by atoms with van der Waals surface area (Å²) < 4.78 is 5.10. The number of carbonyl (C=O) groups excluding carboxylic acids is 1. The lowest BCUT2D eigenvalue weighted by Crippen LogP contribution is -2.04. The first-order valence-corrected chi connectivity index (χ1v) is 5.71. The first-order chi connectivity index (χ1) is 9.69. The highest BCUT2D eigenvalue weighted by molar-refractivity contribution is 6.20. The lowest BCUT2D eigenvalue weighted by molar-refractivity contribution is 0.103. The van der Waals surface area contributed by atoms with E-state index in [1.807, 2.05) is 6.07 Å². The first kappa shape index (κ1) is 11.9. The van der Waals surface area contributed by atoms with Gasteiger partial charge < -0.3 is 4.74 Å². The Morgan fingerprint density at radius 3 is 2.60 bits per heavy atom. The van der Waals surface area contributed by atoms with E-state index in [-0.39, 0.29) is 22.9 Å². The quantitative estimate of drug-likeness (QED) is 0.621. The average Bonchev–Trinajstić information content (AvgIpc) is 2.77. The molecule has 1 aliphatic carbocycles. The van der Waals surface area contributed by atoms with Gasteiger partial charge in [-0.2, -0.15) is 5.26 Å². The van der Waals surface area contributed by atoms with Crippen molar-refractivity contribution >= 4 is 5.78 Å². The van der Waals surface area contributed by atoms with Crippen LogP contribution in [0, 0.1) is 23.7 Å². The summed E-state index contributed by atoms with van der Waals surface area (Å²) in [6.45, 7) is 0. The largest absolute Gasteiger partial charge is 0.497 e. The Hall–Kier alpha value is -3.18. The van der Waals surface area contributed by atoms with Crippen molar-refractivity contribution in [1.82, 2.24) is 9.97 Å². The third-order valence-corrected chi connectivity index (χ3v) is 3.08. The van der Waals surface area contributed by atoms with Crippen LogP contribution in [0.2, 0.25) is 0 Å². The van der Waals surface area contributed by atoms with Gasteiger partial charge in [0.2, 0.25) is 5.78 Å². The third kappa shape index (κ3) is 1.47. The predicted molar refractivity (Wildman–Crippen MR) is 70.1 cm³/mol. The number of benzene rings is 1. The SMILES string of the molecule is C#Cc1nc2c(nc1C#N)-c1ccc(OC)cc1C2=O. The zero-order valence-corrected chi connectivity index (χ0v) is 10.5. The van der Waals surface area contributed by atoms with Crippen LogP contribution in [0.1, 0.15) is 27.4 Å². The summed E-state index contributed by atoms with van der Waals surface area (Å²) in [4.78, 5) is 20.6. The summed E-state index contributed by atoms with van der Waals surface area (Å²) in [6, 6.07) is 6.97. The maximum absolute atomic E-state index is 12.3. The molecular formula is C15H7N3O2. The number of aromatic nitrogens is 2. The summed E-state index contributed by atoms with van der Waals surface area (Å²) >= 11 is 0. The Balaban J connectivity index is 2.30. The second-order valence-electron chi connectivity index (χ2n) is 4.11. The van der Waals surface area contributed by atoms with Crippen LogP contribution in [0.25, 0.3) is 11.3 Å². The van der Waals surface area contributed by atoms with Gasteiger partial charge >= 0.3 is 0 Å². The normalized spacial score (nSPS) is 11.2. The molecule has 5 heteroatoms. The number of nitriles is 1. The molecule has 20 heavy (non-hydrogen) atoms. The number of nitrogens with zero attached hydrogens (tertiary/aromatic N) is 3. The molecule has 0 atom stereocenters. The maximum Gasteiger partial charge on any atom is 0.214 e. The molecule has 0 radical (unpaired) electrons. The van der Waals surface area contributed by atoms with E-state index in [1.54, 1.807) is 18.2 Å². The van der Waals surface area contributed by atoms with Gasteiger partial charge in [-0.25, -0.2) is 9.97 Å². The van der Waals surface area contributed by atoms with Gasteiger partial charge in [0.05, 0.1) is 7.11 Å². The van der Waals surface area contributed by atoms with Gasteiger partial charge in [-0.15, -0.1) is 6.42 Å². The molecule has 0 spiro atoms. The number of ether oxygens (including phenoxy) is 1. The maximum atomic E-state index is 12.3. The highest BCUT2D eigenvalue weighted by Crippen LogP contribution is 2.36. The van der Waals surface area contributed by atoms with Crippen molar-refractivity contribution < 1.29 is 9.53 Å². The van der Waals surface area contributed by atoms with Gasteiger partial charge in [0, 0.05) is 11.1 Å². The van der Waals surface area contributed by atoms with Crippen molar-refractivity contribution in [1.29, 1.82) is 5.26 Å². The van der Waals surface area contributed by atoms with Crippen LogP contribution < -0.4 is 4.74 Å². The van der Waals surface area contributed by atoms with E-state index in [0.29, 0.717) is 22.6 Å². The number of carbonyl (C=O) groups is 1. The number of terminal acetylenes is 1. The molecule has 0 aliphatic heterocycles. The summed E-state index contributed by atoms with van der Waals surface area (Å²) in [5, 5.41) is 9.02. The second-order valence-corrected chi connectivity index (χ2v) is 4.11. The van der Waals surface area contributed by atoms with Gasteiger partial charge in [-0.1, -0.05) is 0 Å². The van der Waals surface area contributed by atoms with Crippen LogP contribution in [-0.4, -0.2) is 22.9 Å². The molecule has 94 valence electrons. The van der Waals surface area contributed by atoms with E-state index in [9.17, 15) is 4.79 Å². The van der Waals surface area contributed by atoms with Gasteiger partial charge in [0.25, 0.3) is 0 Å². The molecule has 1 aromatic heterocycles. The standard InChI is InChI=1S/C15H7N3O2/c1-3-11-12(7-16)18-13-9-5-4-8(20-2)6-10(9)15(19)14(13)17-11/h1,4-6H,2H3. The van der Waals surface area contributed by atoms with Crippen molar-refractivity contribution in [2.45, 2.75) is 0 Å². The monoisotopic (exact) mass is 261 g/mol. The summed E-state index contributed by atoms with van der Waals surface area (Å²) in [6.07, 6.45) is 5.28. The van der Waals surface area contributed by atoms with Crippen molar-refractivity contribution in [3.8, 4) is 35.4 Å². The average molecular weight is 261 g/mol. The fourth-order valence-electron chi connectivity index (χ4n) is 2.13. The van der Waals surface area contributed by atoms with Crippen LogP contribution >= 0.6 is 0 Å². The predicted octanol–water partition coefficient (Wildman–Crippen LogP) is 1.55. The number of methoxy groups -OCH3 is 1. The molecule has 1 aromatic carbocycles. The number of hydrogen-bond donors (Lipinski definition) is 0. The van der Waals surface area contributed by atoms with Crippen LogP contribution in [0.4, 0.5) is 0 Å². The minimum absolute atomic E-state index is 0.0442. The Labute approximate surface area is 114 Å². The van der Waals surface area contributed by atoms with E-state index in [0.717, 1.165) is 0 Å². The summed E-state index contributed by atoms with van der Waals surface area (Å²) in [5.74, 6) is 2.58. The van der Waals surface area contributed by atoms with Gasteiger partial charge in [-0.05, 0) is 24.1 Å². The molecule has 2 aromatic rings. The minimum atomic E-state index is -0.262. The molecular weight excluding hydrogens is 254 g/mol. The van der Waals surface area contributed by atoms with E-state index in [1.165, 1.54) is 7.11 Å². The second kappa shape index (κ2) is 4.18. The van der Waals surface area contributed by atoms with Crippen molar-refractivity contribution in [3.05, 3.63) is 40.8 Å². The smallest absolute Gasteiger partial charge is 0.214 e. The molecule has 0 fully saturated rings. The Morgan fingerprint density at radius 1 is 1.20 bits per heavy atom. The lowest BCUT2D eigenvalue weighted by atomic mass is 10.1. The zero-order chi connectivity index (χ0) is 14.3. The van der Waals surface area contributed by atoms with Crippen LogP contribution in [0.5, 0.6) is 5.75 Å². The Kier molecular flexibility index (Phi) is 2.49. The minimum Gasteiger partial charge on any atom is -0.497 e. The van der Waals surface area contributed by atoms with Gasteiger partial charge in [0.1, 0.15) is 28.9 Å². The Morgan fingerprint density at radius 2 is 1.95 bits per heavy atom. The molecule has 1 aliphatic rings. The van der Waals surface area contributed by atoms with Crippen molar-refractivity contribution in [2.24, 2.45) is 0 Å². The topological polar surface area (TPSA) is 75.9 Å². The molecule has 0 amide bonds. The highest BCUT2D eigenvalue weighted by Gasteiger charge is 2.31. The summed E-state index contributed by atoms with van der Waals surface area (Å²) in [7, 11) is 1.52. The van der Waals surface area contributed by atoms with Crippen LogP contribution in [0.15, 0.2) is 18.2 Å². The molecule has 5 nitrogen and oxygen atoms in total. The molecule has 0 unspecified atom stereocenters. The number of hydrogen-bond acceptors (Lipinski definition) is 5. The molecule has 0 saturated heterocycles. The number of ketones is 1. The fourth-order valence-corrected chi connectivity index (χ4v) is 2.13. The van der Waals surface area contributed by atoms with Gasteiger partial charge in [0.15, 0.2) is 5.69 Å². The van der Waals surface area contributed by atoms with E-state index >= 15 is 0 Å². The number of fused-ring (bicyclic) bond motifs is 3. The van der Waals surface area contributed by atoms with Crippen molar-refractivity contribution in [2.75, 3.05) is 7.11 Å². The van der Waals surface area contributed by atoms with E-state index in [2.05, 4.69) is 15.9 Å². The first-order valence-electron chi connectivity index (χ1n) is 5.71. The summed E-state index contributed by atoms with van der Waals surface area (Å²) in [5.41, 5.74) is 1.79. The van der Waals surface area contributed by atoms with Crippen molar-refractivity contribution in [3.63, 3.8) is 0 Å². The van der Waals surface area contributed by atoms with Crippen LogP contribution in [0.3, 0.4) is 0 Å². The Bertz CT molecular complexity index is 841. The molecule has 0 saturated carbocycles. The van der Waals surface area contributed by atoms with E-state index in [4.69, 9.17) is 16.4 Å². The third-order valence-electron chi connectivity index (χ3n) is 3.08. The molecule has 1 heterocycles. The molecule has 0 N–H and O–H groups in total. The van der Waals surface area contributed by atoms with Crippen LogP contribution in [-0.2, 0) is 0 Å². The number of rotatable bonds is 1. The molecule has 0 bridgehead atoms. The molecule has 3 rings (SSSR count). The van der Waals surface area contributed by atoms with Gasteiger partial charge in [-0.3, -0.25) is 4.79 Å². The fraction of sp³-hybridized carbons (Fsp3) is 0.0667. The lowest BCUT2D eigenvalue weighted by Gasteiger charge is -2.02. The highest BCUT2D eigenvalue weighted by atomic mass is 16.5.